The standard InChI is InChI=1S/C12H14F2O/c1-7-11(2-3-12(7)15)8-4-9(13)6-10(14)5-8/h4-7,11-12,15H,2-3H2,1H3. The Morgan fingerprint density at radius 2 is 1.73 bits per heavy atom. The summed E-state index contributed by atoms with van der Waals surface area (Å²) in [7, 11) is 0. The van der Waals surface area contributed by atoms with E-state index in [-0.39, 0.29) is 17.9 Å². The first-order valence-corrected chi connectivity index (χ1v) is 5.22. The molecule has 3 unspecified atom stereocenters. The lowest BCUT2D eigenvalue weighted by molar-refractivity contribution is 0.136. The molecule has 0 heterocycles. The Morgan fingerprint density at radius 3 is 2.20 bits per heavy atom. The van der Waals surface area contributed by atoms with Crippen molar-refractivity contribution in [2.75, 3.05) is 0 Å². The molecule has 15 heavy (non-hydrogen) atoms. The monoisotopic (exact) mass is 212 g/mol. The highest BCUT2D eigenvalue weighted by molar-refractivity contribution is 5.24. The van der Waals surface area contributed by atoms with Gasteiger partial charge in [-0.25, -0.2) is 8.78 Å². The summed E-state index contributed by atoms with van der Waals surface area (Å²) in [6, 6.07) is 3.60. The van der Waals surface area contributed by atoms with Crippen LogP contribution in [-0.4, -0.2) is 11.2 Å². The largest absolute Gasteiger partial charge is 0.393 e. The van der Waals surface area contributed by atoms with Gasteiger partial charge in [-0.2, -0.15) is 0 Å². The minimum atomic E-state index is -0.543. The third kappa shape index (κ3) is 2.02. The number of hydrogen-bond acceptors (Lipinski definition) is 1. The summed E-state index contributed by atoms with van der Waals surface area (Å²) in [6.07, 6.45) is 1.16. The van der Waals surface area contributed by atoms with Crippen LogP contribution in [0.4, 0.5) is 8.78 Å². The molecule has 82 valence electrons. The Morgan fingerprint density at radius 1 is 1.13 bits per heavy atom. The van der Waals surface area contributed by atoms with Gasteiger partial charge in [0, 0.05) is 6.07 Å². The van der Waals surface area contributed by atoms with E-state index < -0.39 is 11.6 Å². The van der Waals surface area contributed by atoms with Gasteiger partial charge in [0.25, 0.3) is 0 Å². The van der Waals surface area contributed by atoms with E-state index >= 15 is 0 Å². The second-order valence-corrected chi connectivity index (χ2v) is 4.31. The van der Waals surface area contributed by atoms with Gasteiger partial charge < -0.3 is 5.11 Å². The second-order valence-electron chi connectivity index (χ2n) is 4.31. The van der Waals surface area contributed by atoms with E-state index in [1.807, 2.05) is 6.92 Å². The van der Waals surface area contributed by atoms with Crippen molar-refractivity contribution in [3.05, 3.63) is 35.4 Å². The lowest BCUT2D eigenvalue weighted by Gasteiger charge is -2.17. The molecule has 0 bridgehead atoms. The molecule has 0 amide bonds. The molecular formula is C12H14F2O. The molecule has 2 rings (SSSR count). The molecule has 1 aliphatic rings. The summed E-state index contributed by atoms with van der Waals surface area (Å²) >= 11 is 0. The van der Waals surface area contributed by atoms with E-state index in [1.165, 1.54) is 12.1 Å². The molecule has 1 aromatic rings. The van der Waals surface area contributed by atoms with Crippen LogP contribution in [0, 0.1) is 17.6 Å². The number of halogens is 2. The van der Waals surface area contributed by atoms with Gasteiger partial charge in [-0.15, -0.1) is 0 Å². The molecule has 0 radical (unpaired) electrons. The predicted octanol–water partition coefficient (Wildman–Crippen LogP) is 2.84. The van der Waals surface area contributed by atoms with E-state index in [0.717, 1.165) is 12.5 Å². The molecule has 0 aliphatic heterocycles. The van der Waals surface area contributed by atoms with Crippen molar-refractivity contribution in [3.8, 4) is 0 Å². The summed E-state index contributed by atoms with van der Waals surface area (Å²) in [5.74, 6) is -0.937. The molecule has 3 atom stereocenters. The van der Waals surface area contributed by atoms with E-state index in [4.69, 9.17) is 0 Å². The van der Waals surface area contributed by atoms with Crippen LogP contribution in [0.1, 0.15) is 31.2 Å². The molecule has 1 fully saturated rings. The van der Waals surface area contributed by atoms with E-state index in [9.17, 15) is 13.9 Å². The van der Waals surface area contributed by atoms with Crippen molar-refractivity contribution in [1.82, 2.24) is 0 Å². The Bertz CT molecular complexity index is 344. The zero-order chi connectivity index (χ0) is 11.0. The van der Waals surface area contributed by atoms with Gasteiger partial charge in [0.15, 0.2) is 0 Å². The van der Waals surface area contributed by atoms with Crippen molar-refractivity contribution in [3.63, 3.8) is 0 Å². The lowest BCUT2D eigenvalue weighted by Crippen LogP contribution is -2.14. The van der Waals surface area contributed by atoms with Crippen LogP contribution < -0.4 is 0 Å². The minimum absolute atomic E-state index is 0.0743. The molecule has 3 heteroatoms. The average molecular weight is 212 g/mol. The first-order chi connectivity index (χ1) is 7.08. The fraction of sp³-hybridized carbons (Fsp3) is 0.500. The van der Waals surface area contributed by atoms with Gasteiger partial charge in [-0.05, 0) is 42.4 Å². The van der Waals surface area contributed by atoms with Crippen LogP contribution in [0.15, 0.2) is 18.2 Å². The predicted molar refractivity (Wildman–Crippen MR) is 53.5 cm³/mol. The van der Waals surface area contributed by atoms with Crippen LogP contribution in [0.2, 0.25) is 0 Å². The summed E-state index contributed by atoms with van der Waals surface area (Å²) in [5.41, 5.74) is 0.663. The molecule has 1 nitrogen and oxygen atoms in total. The SMILES string of the molecule is CC1C(O)CCC1c1cc(F)cc(F)c1. The van der Waals surface area contributed by atoms with Crippen LogP contribution in [0.5, 0.6) is 0 Å². The molecule has 1 aliphatic carbocycles. The summed E-state index contributed by atoms with van der Waals surface area (Å²) in [6.45, 7) is 1.92. The first-order valence-electron chi connectivity index (χ1n) is 5.22. The zero-order valence-electron chi connectivity index (χ0n) is 8.58. The summed E-state index contributed by atoms with van der Waals surface area (Å²) in [5, 5.41) is 9.58. The number of rotatable bonds is 1. The average Bonchev–Trinajstić information content (AvgIpc) is 2.46. The Hall–Kier alpha value is -0.960. The molecule has 0 spiro atoms. The fourth-order valence-corrected chi connectivity index (χ4v) is 2.40. The molecule has 0 aromatic heterocycles. The third-order valence-corrected chi connectivity index (χ3v) is 3.33. The molecule has 1 N–H and O–H groups in total. The fourth-order valence-electron chi connectivity index (χ4n) is 2.40. The van der Waals surface area contributed by atoms with Crippen LogP contribution in [0.25, 0.3) is 0 Å². The Kier molecular flexibility index (Phi) is 2.74. The lowest BCUT2D eigenvalue weighted by atomic mass is 9.89. The van der Waals surface area contributed by atoms with Gasteiger partial charge in [0.05, 0.1) is 6.10 Å². The van der Waals surface area contributed by atoms with Gasteiger partial charge in [-0.1, -0.05) is 6.92 Å². The maximum absolute atomic E-state index is 13.0. The van der Waals surface area contributed by atoms with Gasteiger partial charge in [0.2, 0.25) is 0 Å². The smallest absolute Gasteiger partial charge is 0.126 e. The highest BCUT2D eigenvalue weighted by atomic mass is 19.1. The first kappa shape index (κ1) is 10.6. The van der Waals surface area contributed by atoms with Crippen LogP contribution in [-0.2, 0) is 0 Å². The summed E-state index contributed by atoms with van der Waals surface area (Å²) in [4.78, 5) is 0. The molecular weight excluding hydrogens is 198 g/mol. The van der Waals surface area contributed by atoms with E-state index in [0.29, 0.717) is 12.0 Å². The minimum Gasteiger partial charge on any atom is -0.393 e. The van der Waals surface area contributed by atoms with Crippen molar-refractivity contribution in [2.45, 2.75) is 31.8 Å². The van der Waals surface area contributed by atoms with Gasteiger partial charge in [0.1, 0.15) is 11.6 Å². The van der Waals surface area contributed by atoms with E-state index in [2.05, 4.69) is 0 Å². The molecule has 1 saturated carbocycles. The van der Waals surface area contributed by atoms with Gasteiger partial charge >= 0.3 is 0 Å². The molecule has 1 aromatic carbocycles. The zero-order valence-corrected chi connectivity index (χ0v) is 8.58. The highest BCUT2D eigenvalue weighted by Gasteiger charge is 2.32. The van der Waals surface area contributed by atoms with Crippen LogP contribution >= 0.6 is 0 Å². The normalized spacial score (nSPS) is 30.8. The summed E-state index contributed by atoms with van der Waals surface area (Å²) < 4.78 is 26.0. The van der Waals surface area contributed by atoms with Crippen molar-refractivity contribution < 1.29 is 13.9 Å². The number of aliphatic hydroxyl groups excluding tert-OH is 1. The Labute approximate surface area is 87.7 Å². The maximum atomic E-state index is 13.0. The van der Waals surface area contributed by atoms with Gasteiger partial charge in [-0.3, -0.25) is 0 Å². The molecule has 0 saturated heterocycles. The highest BCUT2D eigenvalue weighted by Crippen LogP contribution is 2.39. The maximum Gasteiger partial charge on any atom is 0.126 e. The Balaban J connectivity index is 2.30. The van der Waals surface area contributed by atoms with Crippen molar-refractivity contribution in [1.29, 1.82) is 0 Å². The second kappa shape index (κ2) is 3.89. The van der Waals surface area contributed by atoms with Crippen LogP contribution in [0.3, 0.4) is 0 Å². The number of benzene rings is 1. The third-order valence-electron chi connectivity index (χ3n) is 3.33. The van der Waals surface area contributed by atoms with Crippen molar-refractivity contribution in [2.24, 2.45) is 5.92 Å². The van der Waals surface area contributed by atoms with Crippen molar-refractivity contribution >= 4 is 0 Å². The topological polar surface area (TPSA) is 20.2 Å². The number of hydrogen-bond donors (Lipinski definition) is 1. The van der Waals surface area contributed by atoms with E-state index in [1.54, 1.807) is 0 Å². The quantitative estimate of drug-likeness (QED) is 0.759. The number of aliphatic hydroxyl groups is 1.